The number of aryl methyl sites for hydroxylation is 2. The first-order valence-corrected chi connectivity index (χ1v) is 6.70. The van der Waals surface area contributed by atoms with Crippen LogP contribution in [0.25, 0.3) is 0 Å². The zero-order valence-corrected chi connectivity index (χ0v) is 12.4. The van der Waals surface area contributed by atoms with Crippen LogP contribution in [0.3, 0.4) is 0 Å². The molecule has 2 heterocycles. The van der Waals surface area contributed by atoms with Crippen molar-refractivity contribution in [3.05, 3.63) is 46.0 Å². The van der Waals surface area contributed by atoms with Crippen molar-refractivity contribution in [3.63, 3.8) is 0 Å². The highest BCUT2D eigenvalue weighted by Crippen LogP contribution is 2.21. The van der Waals surface area contributed by atoms with Gasteiger partial charge in [0.1, 0.15) is 0 Å². The molecule has 5 heteroatoms. The second kappa shape index (κ2) is 5.63. The third-order valence-corrected chi connectivity index (χ3v) is 4.05. The minimum Gasteiger partial charge on any atom is -0.304 e. The maximum atomic E-state index is 4.38. The van der Waals surface area contributed by atoms with Gasteiger partial charge in [0.2, 0.25) is 0 Å². The smallest absolute Gasteiger partial charge is 0.0739 e. The summed E-state index contributed by atoms with van der Waals surface area (Å²) in [5, 5.41) is 7.86. The fourth-order valence-electron chi connectivity index (χ4n) is 1.87. The highest BCUT2D eigenvalue weighted by atomic mass is 79.9. The molecule has 0 bridgehead atoms. The van der Waals surface area contributed by atoms with E-state index in [1.165, 1.54) is 5.56 Å². The number of aromatic nitrogens is 3. The summed E-state index contributed by atoms with van der Waals surface area (Å²) in [6.07, 6.45) is 3.68. The number of pyridine rings is 1. The van der Waals surface area contributed by atoms with Crippen molar-refractivity contribution < 1.29 is 0 Å². The molecule has 96 valence electrons. The van der Waals surface area contributed by atoms with Gasteiger partial charge in [-0.2, -0.15) is 5.10 Å². The molecule has 0 aliphatic heterocycles. The normalized spacial score (nSPS) is 12.7. The van der Waals surface area contributed by atoms with Crippen molar-refractivity contribution in [2.45, 2.75) is 26.4 Å². The molecule has 18 heavy (non-hydrogen) atoms. The van der Waals surface area contributed by atoms with Gasteiger partial charge in [0.15, 0.2) is 0 Å². The Bertz CT molecular complexity index is 521. The van der Waals surface area contributed by atoms with Crippen molar-refractivity contribution in [1.82, 2.24) is 20.1 Å². The second-order valence-electron chi connectivity index (χ2n) is 4.36. The number of hydrogen-bond donors (Lipinski definition) is 1. The molecule has 0 aliphatic carbocycles. The van der Waals surface area contributed by atoms with Gasteiger partial charge in [-0.3, -0.25) is 9.67 Å². The van der Waals surface area contributed by atoms with Gasteiger partial charge in [0.05, 0.1) is 15.9 Å². The first-order valence-electron chi connectivity index (χ1n) is 5.91. The van der Waals surface area contributed by atoms with E-state index in [2.05, 4.69) is 44.3 Å². The highest BCUT2D eigenvalue weighted by molar-refractivity contribution is 9.10. The minimum atomic E-state index is 0.265. The molecule has 2 rings (SSSR count). The standard InChI is InChI=1S/C13H17BrN4/c1-9(11-5-4-6-15-7-11)16-8-12-13(14)10(2)17-18(12)3/h4-7,9,16H,8H2,1-3H3. The van der Waals surface area contributed by atoms with Crippen molar-refractivity contribution in [2.75, 3.05) is 0 Å². The van der Waals surface area contributed by atoms with Gasteiger partial charge in [0, 0.05) is 32.0 Å². The average Bonchev–Trinajstić information content (AvgIpc) is 2.62. The lowest BCUT2D eigenvalue weighted by atomic mass is 10.1. The Labute approximate surface area is 116 Å². The molecule has 2 aromatic heterocycles. The van der Waals surface area contributed by atoms with Crippen LogP contribution in [0.1, 0.15) is 29.9 Å². The van der Waals surface area contributed by atoms with Crippen LogP contribution in [-0.4, -0.2) is 14.8 Å². The lowest BCUT2D eigenvalue weighted by Crippen LogP contribution is -2.20. The quantitative estimate of drug-likeness (QED) is 0.944. The molecule has 1 atom stereocenters. The van der Waals surface area contributed by atoms with E-state index >= 15 is 0 Å². The zero-order valence-electron chi connectivity index (χ0n) is 10.8. The molecule has 0 spiro atoms. The van der Waals surface area contributed by atoms with Gasteiger partial charge in [-0.15, -0.1) is 0 Å². The van der Waals surface area contributed by atoms with E-state index in [1.807, 2.05) is 30.9 Å². The lowest BCUT2D eigenvalue weighted by Gasteiger charge is -2.14. The van der Waals surface area contributed by atoms with Gasteiger partial charge in [-0.05, 0) is 41.4 Å². The molecule has 0 aliphatic rings. The molecular weight excluding hydrogens is 292 g/mol. The highest BCUT2D eigenvalue weighted by Gasteiger charge is 2.12. The first kappa shape index (κ1) is 13.2. The molecule has 0 radical (unpaired) electrons. The van der Waals surface area contributed by atoms with Gasteiger partial charge in [-0.25, -0.2) is 0 Å². The predicted octanol–water partition coefficient (Wildman–Crippen LogP) is 2.74. The van der Waals surface area contributed by atoms with E-state index in [9.17, 15) is 0 Å². The van der Waals surface area contributed by atoms with Crippen LogP contribution >= 0.6 is 15.9 Å². The van der Waals surface area contributed by atoms with E-state index in [0.29, 0.717) is 0 Å². The molecule has 0 amide bonds. The van der Waals surface area contributed by atoms with Crippen LogP contribution in [0.2, 0.25) is 0 Å². The maximum absolute atomic E-state index is 4.38. The van der Waals surface area contributed by atoms with E-state index in [0.717, 1.165) is 22.4 Å². The molecule has 1 unspecified atom stereocenters. The molecule has 0 aromatic carbocycles. The summed E-state index contributed by atoms with van der Waals surface area (Å²) >= 11 is 3.57. The number of hydrogen-bond acceptors (Lipinski definition) is 3. The summed E-state index contributed by atoms with van der Waals surface area (Å²) < 4.78 is 2.98. The number of nitrogens with one attached hydrogen (secondary N) is 1. The van der Waals surface area contributed by atoms with Crippen molar-refractivity contribution >= 4 is 15.9 Å². The predicted molar refractivity (Wildman–Crippen MR) is 75.1 cm³/mol. The Hall–Kier alpha value is -1.20. The Morgan fingerprint density at radius 2 is 2.28 bits per heavy atom. The molecular formula is C13H17BrN4. The third kappa shape index (κ3) is 2.79. The Morgan fingerprint density at radius 1 is 1.50 bits per heavy atom. The fourth-order valence-corrected chi connectivity index (χ4v) is 2.35. The largest absolute Gasteiger partial charge is 0.304 e. The Morgan fingerprint density at radius 3 is 2.83 bits per heavy atom. The molecule has 0 saturated heterocycles. The number of halogens is 1. The number of rotatable bonds is 4. The van der Waals surface area contributed by atoms with E-state index in [1.54, 1.807) is 6.20 Å². The van der Waals surface area contributed by atoms with Crippen LogP contribution in [0.15, 0.2) is 29.0 Å². The molecule has 2 aromatic rings. The summed E-state index contributed by atoms with van der Waals surface area (Å²) in [5.41, 5.74) is 3.36. The van der Waals surface area contributed by atoms with Crippen LogP contribution in [-0.2, 0) is 13.6 Å². The third-order valence-electron chi connectivity index (χ3n) is 3.02. The van der Waals surface area contributed by atoms with E-state index < -0.39 is 0 Å². The minimum absolute atomic E-state index is 0.265. The maximum Gasteiger partial charge on any atom is 0.0739 e. The van der Waals surface area contributed by atoms with Gasteiger partial charge in [0.25, 0.3) is 0 Å². The Balaban J connectivity index is 2.04. The van der Waals surface area contributed by atoms with Gasteiger partial charge >= 0.3 is 0 Å². The van der Waals surface area contributed by atoms with E-state index in [4.69, 9.17) is 0 Å². The summed E-state index contributed by atoms with van der Waals surface area (Å²) in [4.78, 5) is 4.13. The molecule has 0 fully saturated rings. The average molecular weight is 309 g/mol. The molecule has 0 saturated carbocycles. The zero-order chi connectivity index (χ0) is 13.1. The van der Waals surface area contributed by atoms with Crippen molar-refractivity contribution in [1.29, 1.82) is 0 Å². The SMILES string of the molecule is Cc1nn(C)c(CNC(C)c2cccnc2)c1Br. The van der Waals surface area contributed by atoms with Crippen LogP contribution in [0, 0.1) is 6.92 Å². The fraction of sp³-hybridized carbons (Fsp3) is 0.385. The summed E-state index contributed by atoms with van der Waals surface area (Å²) in [7, 11) is 1.96. The Kier molecular flexibility index (Phi) is 4.14. The monoisotopic (exact) mass is 308 g/mol. The van der Waals surface area contributed by atoms with E-state index in [-0.39, 0.29) is 6.04 Å². The summed E-state index contributed by atoms with van der Waals surface area (Å²) in [6, 6.07) is 4.30. The van der Waals surface area contributed by atoms with Gasteiger partial charge < -0.3 is 5.32 Å². The van der Waals surface area contributed by atoms with Gasteiger partial charge in [-0.1, -0.05) is 6.07 Å². The van der Waals surface area contributed by atoms with Crippen LogP contribution < -0.4 is 5.32 Å². The topological polar surface area (TPSA) is 42.7 Å². The first-order chi connectivity index (χ1) is 8.59. The van der Waals surface area contributed by atoms with Crippen molar-refractivity contribution in [3.8, 4) is 0 Å². The summed E-state index contributed by atoms with van der Waals surface area (Å²) in [6.45, 7) is 4.90. The van der Waals surface area contributed by atoms with Crippen LogP contribution in [0.4, 0.5) is 0 Å². The van der Waals surface area contributed by atoms with Crippen LogP contribution in [0.5, 0.6) is 0 Å². The van der Waals surface area contributed by atoms with Crippen molar-refractivity contribution in [2.24, 2.45) is 7.05 Å². The molecule has 1 N–H and O–H groups in total. The lowest BCUT2D eigenvalue weighted by molar-refractivity contribution is 0.545. The molecule has 4 nitrogen and oxygen atoms in total. The second-order valence-corrected chi connectivity index (χ2v) is 5.15. The number of nitrogens with zero attached hydrogens (tertiary/aromatic N) is 3. The summed E-state index contributed by atoms with van der Waals surface area (Å²) in [5.74, 6) is 0.